The molecule has 0 aromatic heterocycles. The smallest absolute Gasteiger partial charge is 0.399 e. The zero-order valence-electron chi connectivity index (χ0n) is 18.0. The van der Waals surface area contributed by atoms with Gasteiger partial charge in [-0.2, -0.15) is 13.2 Å². The first-order chi connectivity index (χ1) is 15.2. The molecule has 0 saturated heterocycles. The first-order valence-corrected chi connectivity index (χ1v) is 9.45. The number of hydrogen-bond acceptors (Lipinski definition) is 6. The molecule has 170 valence electrons. The molecule has 0 fully saturated rings. The number of carbonyl (C=O) groups excluding carboxylic acids is 1. The molecule has 0 unspecified atom stereocenters. The van der Waals surface area contributed by atoms with Gasteiger partial charge in [0.2, 0.25) is 5.91 Å². The Morgan fingerprint density at radius 3 is 2.41 bits per heavy atom. The molecule has 0 aliphatic heterocycles. The molecule has 1 amide bonds. The number of oxime groups is 2. The number of amidine groups is 1. The van der Waals surface area contributed by atoms with Crippen molar-refractivity contribution in [2.24, 2.45) is 15.3 Å². The molecule has 0 spiro atoms. The van der Waals surface area contributed by atoms with Crippen LogP contribution in [0.5, 0.6) is 0 Å². The first-order valence-electron chi connectivity index (χ1n) is 9.45. The summed E-state index contributed by atoms with van der Waals surface area (Å²) in [5.74, 6) is -0.125. The van der Waals surface area contributed by atoms with Gasteiger partial charge in [-0.3, -0.25) is 9.79 Å². The van der Waals surface area contributed by atoms with Crippen molar-refractivity contribution in [2.75, 3.05) is 14.2 Å². The monoisotopic (exact) mass is 448 g/mol. The lowest BCUT2D eigenvalue weighted by Gasteiger charge is -2.13. The van der Waals surface area contributed by atoms with Crippen molar-refractivity contribution in [3.8, 4) is 0 Å². The van der Waals surface area contributed by atoms with Crippen molar-refractivity contribution >= 4 is 23.2 Å². The maximum atomic E-state index is 12.9. The van der Waals surface area contributed by atoms with E-state index in [1.165, 1.54) is 33.2 Å². The number of aliphatic imine (C=N–C) groups is 1. The predicted octanol–water partition coefficient (Wildman–Crippen LogP) is 4.16. The van der Waals surface area contributed by atoms with E-state index in [0.29, 0.717) is 16.7 Å². The minimum atomic E-state index is -4.44. The molecule has 0 saturated carbocycles. The average Bonchev–Trinajstić information content (AvgIpc) is 2.76. The van der Waals surface area contributed by atoms with E-state index in [2.05, 4.69) is 20.6 Å². The molecule has 0 aliphatic carbocycles. The van der Waals surface area contributed by atoms with E-state index >= 15 is 0 Å². The van der Waals surface area contributed by atoms with Gasteiger partial charge in [0.1, 0.15) is 13.7 Å². The number of alkyl halides is 3. The Hall–Kier alpha value is -3.69. The Bertz CT molecular complexity index is 1050. The molecule has 2 aromatic carbocycles. The van der Waals surface area contributed by atoms with Crippen LogP contribution >= 0.6 is 0 Å². The van der Waals surface area contributed by atoms with Crippen molar-refractivity contribution in [2.45, 2.75) is 26.6 Å². The van der Waals surface area contributed by atoms with Gasteiger partial charge in [-0.05, 0) is 24.6 Å². The van der Waals surface area contributed by atoms with E-state index in [0.717, 1.165) is 12.1 Å². The minimum absolute atomic E-state index is 0.00766. The van der Waals surface area contributed by atoms with Gasteiger partial charge in [0.25, 0.3) is 0 Å². The van der Waals surface area contributed by atoms with Crippen LogP contribution in [-0.4, -0.2) is 37.3 Å². The summed E-state index contributed by atoms with van der Waals surface area (Å²) in [6, 6.07) is 11.9. The average molecular weight is 448 g/mol. The van der Waals surface area contributed by atoms with Crippen LogP contribution in [0.25, 0.3) is 0 Å². The van der Waals surface area contributed by atoms with Crippen molar-refractivity contribution < 1.29 is 27.6 Å². The van der Waals surface area contributed by atoms with Crippen LogP contribution in [0.2, 0.25) is 0 Å². The normalized spacial score (nSPS) is 13.0. The Balaban J connectivity index is 2.27. The lowest BCUT2D eigenvalue weighted by atomic mass is 10.0. The molecule has 10 heteroatoms. The molecule has 0 atom stereocenters. The summed E-state index contributed by atoms with van der Waals surface area (Å²) in [5, 5.41) is 10.5. The third-order valence-electron chi connectivity index (χ3n) is 4.23. The van der Waals surface area contributed by atoms with Crippen molar-refractivity contribution in [1.29, 1.82) is 0 Å². The predicted molar refractivity (Wildman–Crippen MR) is 116 cm³/mol. The summed E-state index contributed by atoms with van der Waals surface area (Å²) in [4.78, 5) is 25.9. The van der Waals surface area contributed by atoms with Crippen LogP contribution in [-0.2, 0) is 27.3 Å². The molecule has 0 heterocycles. The van der Waals surface area contributed by atoms with Gasteiger partial charge in [0.05, 0.1) is 11.3 Å². The number of amides is 1. The topological polar surface area (TPSA) is 84.6 Å². The highest BCUT2D eigenvalue weighted by Gasteiger charge is 2.30. The Kier molecular flexibility index (Phi) is 8.51. The van der Waals surface area contributed by atoms with E-state index in [9.17, 15) is 18.0 Å². The maximum absolute atomic E-state index is 12.9. The number of hydrogen-bond donors (Lipinski definition) is 1. The number of nitrogens with one attached hydrogen (secondary N) is 1. The zero-order chi connectivity index (χ0) is 23.7. The quantitative estimate of drug-likeness (QED) is 0.392. The SMILES string of the molecule is CN=C(NC(C)=O)C(=NOC)c1ccccc1CON=C(C)c1cccc(C(F)(F)F)c1. The van der Waals surface area contributed by atoms with Gasteiger partial charge < -0.3 is 15.0 Å². The first kappa shape index (κ1) is 24.6. The Labute approximate surface area is 183 Å². The molecule has 0 radical (unpaired) electrons. The molecular weight excluding hydrogens is 425 g/mol. The molecule has 0 bridgehead atoms. The van der Waals surface area contributed by atoms with E-state index in [4.69, 9.17) is 9.68 Å². The van der Waals surface area contributed by atoms with Crippen LogP contribution in [0.1, 0.15) is 36.1 Å². The molecular formula is C22H23F3N4O3. The summed E-state index contributed by atoms with van der Waals surface area (Å²) in [7, 11) is 2.86. The van der Waals surface area contributed by atoms with Crippen molar-refractivity contribution in [3.63, 3.8) is 0 Å². The fourth-order valence-electron chi connectivity index (χ4n) is 2.75. The summed E-state index contributed by atoms with van der Waals surface area (Å²) in [6.45, 7) is 2.89. The van der Waals surface area contributed by atoms with E-state index in [1.54, 1.807) is 31.2 Å². The van der Waals surface area contributed by atoms with Crippen LogP contribution in [0.4, 0.5) is 13.2 Å². The number of halogens is 3. The number of carbonyl (C=O) groups is 1. The van der Waals surface area contributed by atoms with E-state index < -0.39 is 11.7 Å². The fraction of sp³-hybridized carbons (Fsp3) is 0.273. The third kappa shape index (κ3) is 6.66. The summed E-state index contributed by atoms with van der Waals surface area (Å²) in [6.07, 6.45) is -4.44. The van der Waals surface area contributed by atoms with Gasteiger partial charge in [-0.25, -0.2) is 0 Å². The second-order valence-corrected chi connectivity index (χ2v) is 6.56. The third-order valence-corrected chi connectivity index (χ3v) is 4.23. The standard InChI is InChI=1S/C22H23F3N4O3/c1-14(16-9-7-10-18(12-16)22(23,24)25)28-32-13-17-8-5-6-11-19(17)20(29-31-4)21(26-3)27-15(2)30/h5-12H,13H2,1-4H3,(H,26,27,30). The van der Waals surface area contributed by atoms with Crippen LogP contribution in [0, 0.1) is 0 Å². The van der Waals surface area contributed by atoms with Gasteiger partial charge in [0.15, 0.2) is 11.5 Å². The van der Waals surface area contributed by atoms with Gasteiger partial charge in [0, 0.05) is 25.1 Å². The van der Waals surface area contributed by atoms with Crippen molar-refractivity contribution in [1.82, 2.24) is 5.32 Å². The fourth-order valence-corrected chi connectivity index (χ4v) is 2.75. The summed E-state index contributed by atoms with van der Waals surface area (Å²) in [5.41, 5.74) is 1.32. The van der Waals surface area contributed by atoms with Gasteiger partial charge in [-0.1, -0.05) is 46.7 Å². The number of rotatable bonds is 7. The number of nitrogens with zero attached hydrogens (tertiary/aromatic N) is 3. The van der Waals surface area contributed by atoms with E-state index in [1.807, 2.05) is 0 Å². The molecule has 2 aromatic rings. The molecule has 2 rings (SSSR count). The highest BCUT2D eigenvalue weighted by Crippen LogP contribution is 2.29. The van der Waals surface area contributed by atoms with Crippen LogP contribution in [0.15, 0.2) is 63.8 Å². The summed E-state index contributed by atoms with van der Waals surface area (Å²) >= 11 is 0. The van der Waals surface area contributed by atoms with Crippen molar-refractivity contribution in [3.05, 3.63) is 70.8 Å². The lowest BCUT2D eigenvalue weighted by molar-refractivity contribution is -0.137. The number of benzene rings is 2. The van der Waals surface area contributed by atoms with Gasteiger partial charge >= 0.3 is 6.18 Å². The maximum Gasteiger partial charge on any atom is 0.416 e. The highest BCUT2D eigenvalue weighted by molar-refractivity contribution is 6.49. The van der Waals surface area contributed by atoms with E-state index in [-0.39, 0.29) is 29.8 Å². The highest BCUT2D eigenvalue weighted by atomic mass is 19.4. The Morgan fingerprint density at radius 2 is 1.78 bits per heavy atom. The van der Waals surface area contributed by atoms with Crippen LogP contribution in [0.3, 0.4) is 0 Å². The zero-order valence-corrected chi connectivity index (χ0v) is 18.0. The second-order valence-electron chi connectivity index (χ2n) is 6.56. The molecule has 7 nitrogen and oxygen atoms in total. The molecule has 0 aliphatic rings. The van der Waals surface area contributed by atoms with Gasteiger partial charge in [-0.15, -0.1) is 0 Å². The Morgan fingerprint density at radius 1 is 1.06 bits per heavy atom. The summed E-state index contributed by atoms with van der Waals surface area (Å²) < 4.78 is 38.8. The second kappa shape index (κ2) is 11.1. The largest absolute Gasteiger partial charge is 0.416 e. The van der Waals surface area contributed by atoms with Crippen LogP contribution < -0.4 is 5.32 Å². The lowest BCUT2D eigenvalue weighted by Crippen LogP contribution is -2.36. The molecule has 1 N–H and O–H groups in total. The molecule has 32 heavy (non-hydrogen) atoms. The minimum Gasteiger partial charge on any atom is -0.399 e.